The zero-order chi connectivity index (χ0) is 23.9. The van der Waals surface area contributed by atoms with Gasteiger partial charge in [-0.05, 0) is 48.8 Å². The first kappa shape index (κ1) is 22.4. The first-order valence-electron chi connectivity index (χ1n) is 11.4. The number of aromatic amines is 1. The highest BCUT2D eigenvalue weighted by atomic mass is 19.4. The largest absolute Gasteiger partial charge is 0.418 e. The van der Waals surface area contributed by atoms with Gasteiger partial charge < -0.3 is 15.2 Å². The van der Waals surface area contributed by atoms with Crippen LogP contribution >= 0.6 is 0 Å². The molecule has 1 saturated carbocycles. The number of carbonyl (C=O) groups excluding carboxylic acids is 2. The van der Waals surface area contributed by atoms with Gasteiger partial charge in [-0.25, -0.2) is 4.98 Å². The monoisotopic (exact) mass is 470 g/mol. The maximum atomic E-state index is 13.6. The smallest absolute Gasteiger partial charge is 0.343 e. The lowest BCUT2D eigenvalue weighted by Crippen LogP contribution is -2.44. The second kappa shape index (κ2) is 8.45. The molecule has 1 spiro atoms. The SMILES string of the molecule is O=C(NCC(=O)N1CCC2(CC1)CC2)c1ccc(C(F)(F)F)c2nc(Cc3ccccc3)[nH]c12. The summed E-state index contributed by atoms with van der Waals surface area (Å²) in [6.45, 7) is 1.17. The van der Waals surface area contributed by atoms with Gasteiger partial charge in [0.25, 0.3) is 5.91 Å². The average Bonchev–Trinajstić information content (AvgIpc) is 3.43. The number of halogens is 3. The minimum Gasteiger partial charge on any atom is -0.343 e. The first-order valence-corrected chi connectivity index (χ1v) is 11.4. The number of piperidine rings is 1. The van der Waals surface area contributed by atoms with Crippen LogP contribution in [-0.2, 0) is 17.4 Å². The van der Waals surface area contributed by atoms with Gasteiger partial charge in [0.2, 0.25) is 5.91 Å². The number of alkyl halides is 3. The highest BCUT2D eigenvalue weighted by Crippen LogP contribution is 2.53. The van der Waals surface area contributed by atoms with Crippen molar-refractivity contribution in [1.82, 2.24) is 20.2 Å². The Kier molecular flexibility index (Phi) is 5.58. The Hall–Kier alpha value is -3.36. The third kappa shape index (κ3) is 4.51. The van der Waals surface area contributed by atoms with Crippen molar-refractivity contribution in [3.63, 3.8) is 0 Å². The minimum absolute atomic E-state index is 0.0133. The van der Waals surface area contributed by atoms with Gasteiger partial charge >= 0.3 is 6.18 Å². The van der Waals surface area contributed by atoms with Crippen LogP contribution in [0.3, 0.4) is 0 Å². The van der Waals surface area contributed by atoms with Crippen molar-refractivity contribution in [2.75, 3.05) is 19.6 Å². The van der Waals surface area contributed by atoms with Crippen LogP contribution in [0.4, 0.5) is 13.2 Å². The summed E-state index contributed by atoms with van der Waals surface area (Å²) in [5.74, 6) is -0.468. The molecule has 0 radical (unpaired) electrons. The summed E-state index contributed by atoms with van der Waals surface area (Å²) in [6.07, 6.45) is 0.117. The molecule has 2 heterocycles. The number of fused-ring (bicyclic) bond motifs is 1. The van der Waals surface area contributed by atoms with E-state index in [9.17, 15) is 22.8 Å². The van der Waals surface area contributed by atoms with E-state index in [4.69, 9.17) is 0 Å². The van der Waals surface area contributed by atoms with Crippen molar-refractivity contribution in [2.45, 2.75) is 38.3 Å². The van der Waals surface area contributed by atoms with Crippen LogP contribution in [-0.4, -0.2) is 46.3 Å². The van der Waals surface area contributed by atoms with E-state index >= 15 is 0 Å². The molecule has 2 aromatic carbocycles. The van der Waals surface area contributed by atoms with Gasteiger partial charge in [0.1, 0.15) is 11.3 Å². The molecule has 3 aromatic rings. The molecule has 2 N–H and O–H groups in total. The van der Waals surface area contributed by atoms with Crippen molar-refractivity contribution in [2.24, 2.45) is 5.41 Å². The summed E-state index contributed by atoms with van der Waals surface area (Å²) >= 11 is 0. The molecular formula is C25H25F3N4O2. The molecule has 1 aliphatic heterocycles. The minimum atomic E-state index is -4.62. The summed E-state index contributed by atoms with van der Waals surface area (Å²) < 4.78 is 40.8. The molecule has 2 fully saturated rings. The van der Waals surface area contributed by atoms with E-state index in [0.29, 0.717) is 30.7 Å². The van der Waals surface area contributed by atoms with Crippen molar-refractivity contribution in [3.05, 3.63) is 65.0 Å². The fraction of sp³-hybridized carbons (Fsp3) is 0.400. The Bertz CT molecular complexity index is 1220. The number of nitrogens with zero attached hydrogens (tertiary/aromatic N) is 2. The quantitative estimate of drug-likeness (QED) is 0.584. The molecule has 1 aromatic heterocycles. The van der Waals surface area contributed by atoms with Crippen LogP contribution in [0, 0.1) is 5.41 Å². The number of carbonyl (C=O) groups is 2. The Labute approximate surface area is 194 Å². The van der Waals surface area contributed by atoms with Crippen molar-refractivity contribution in [3.8, 4) is 0 Å². The average molecular weight is 470 g/mol. The van der Waals surface area contributed by atoms with E-state index in [1.165, 1.54) is 12.8 Å². The number of aromatic nitrogens is 2. The van der Waals surface area contributed by atoms with Crippen LogP contribution in [0.2, 0.25) is 0 Å². The fourth-order valence-electron chi connectivity index (χ4n) is 4.70. The van der Waals surface area contributed by atoms with Gasteiger partial charge in [0, 0.05) is 19.5 Å². The highest BCUT2D eigenvalue weighted by Gasteiger charge is 2.45. The highest BCUT2D eigenvalue weighted by molar-refractivity contribution is 6.06. The lowest BCUT2D eigenvalue weighted by atomic mass is 9.94. The van der Waals surface area contributed by atoms with Gasteiger partial charge in [-0.1, -0.05) is 30.3 Å². The molecule has 1 aliphatic carbocycles. The molecule has 0 unspecified atom stereocenters. The Morgan fingerprint density at radius 3 is 2.38 bits per heavy atom. The Morgan fingerprint density at radius 2 is 1.74 bits per heavy atom. The number of nitrogens with one attached hydrogen (secondary N) is 2. The number of H-pyrrole nitrogens is 1. The van der Waals surface area contributed by atoms with E-state index in [0.717, 1.165) is 30.5 Å². The van der Waals surface area contributed by atoms with E-state index in [-0.39, 0.29) is 29.0 Å². The van der Waals surface area contributed by atoms with E-state index < -0.39 is 17.6 Å². The molecule has 0 bridgehead atoms. The van der Waals surface area contributed by atoms with Crippen LogP contribution in [0.25, 0.3) is 11.0 Å². The summed E-state index contributed by atoms with van der Waals surface area (Å²) in [4.78, 5) is 34.3. The second-order valence-electron chi connectivity index (χ2n) is 9.29. The molecule has 2 aliphatic rings. The van der Waals surface area contributed by atoms with Crippen LogP contribution in [0.15, 0.2) is 42.5 Å². The molecule has 1 saturated heterocycles. The molecule has 5 rings (SSSR count). The predicted molar refractivity (Wildman–Crippen MR) is 120 cm³/mol. The van der Waals surface area contributed by atoms with Crippen molar-refractivity contribution < 1.29 is 22.8 Å². The normalized spacial score (nSPS) is 17.2. The molecule has 6 nitrogen and oxygen atoms in total. The van der Waals surface area contributed by atoms with Crippen LogP contribution in [0.1, 0.15) is 53.0 Å². The van der Waals surface area contributed by atoms with Gasteiger partial charge in [-0.3, -0.25) is 9.59 Å². The van der Waals surface area contributed by atoms with Gasteiger partial charge in [0.05, 0.1) is 23.2 Å². The lowest BCUT2D eigenvalue weighted by Gasteiger charge is -2.32. The summed E-state index contributed by atoms with van der Waals surface area (Å²) in [7, 11) is 0. The third-order valence-electron chi connectivity index (χ3n) is 6.99. The summed E-state index contributed by atoms with van der Waals surface area (Å²) in [6, 6.07) is 11.2. The lowest BCUT2D eigenvalue weighted by molar-refractivity contribution is -0.136. The Balaban J connectivity index is 1.35. The molecule has 178 valence electrons. The van der Waals surface area contributed by atoms with Gasteiger partial charge in [-0.2, -0.15) is 13.2 Å². The summed E-state index contributed by atoms with van der Waals surface area (Å²) in [5.41, 5.74) is 0.138. The maximum Gasteiger partial charge on any atom is 0.418 e. The second-order valence-corrected chi connectivity index (χ2v) is 9.29. The Morgan fingerprint density at radius 1 is 1.03 bits per heavy atom. The number of likely N-dealkylation sites (tertiary alicyclic amines) is 1. The van der Waals surface area contributed by atoms with Gasteiger partial charge in [0.15, 0.2) is 0 Å². The number of benzene rings is 2. The molecule has 2 amide bonds. The number of imidazole rings is 1. The maximum absolute atomic E-state index is 13.6. The number of hydrogen-bond donors (Lipinski definition) is 2. The molecule has 34 heavy (non-hydrogen) atoms. The number of rotatable bonds is 5. The van der Waals surface area contributed by atoms with E-state index in [1.807, 2.05) is 30.3 Å². The summed E-state index contributed by atoms with van der Waals surface area (Å²) in [5, 5.41) is 2.58. The van der Waals surface area contributed by atoms with Gasteiger partial charge in [-0.15, -0.1) is 0 Å². The first-order chi connectivity index (χ1) is 16.2. The fourth-order valence-corrected chi connectivity index (χ4v) is 4.70. The molecule has 0 atom stereocenters. The predicted octanol–water partition coefficient (Wildman–Crippen LogP) is 4.30. The number of amides is 2. The topological polar surface area (TPSA) is 78.1 Å². The zero-order valence-electron chi connectivity index (χ0n) is 18.5. The van der Waals surface area contributed by atoms with E-state index in [1.54, 1.807) is 4.90 Å². The van der Waals surface area contributed by atoms with Crippen molar-refractivity contribution in [1.29, 1.82) is 0 Å². The van der Waals surface area contributed by atoms with E-state index in [2.05, 4.69) is 15.3 Å². The number of hydrogen-bond acceptors (Lipinski definition) is 3. The molecular weight excluding hydrogens is 445 g/mol. The zero-order valence-corrected chi connectivity index (χ0v) is 18.5. The van der Waals surface area contributed by atoms with Crippen molar-refractivity contribution >= 4 is 22.8 Å². The van der Waals surface area contributed by atoms with Crippen LogP contribution in [0.5, 0.6) is 0 Å². The standard InChI is InChI=1S/C25H25F3N4O2/c26-25(27,28)18-7-6-17(21-22(18)31-19(30-21)14-16-4-2-1-3-5-16)23(34)29-15-20(33)32-12-10-24(8-9-24)11-13-32/h1-7H,8-15H2,(H,29,34)(H,30,31). The molecule has 9 heteroatoms. The van der Waals surface area contributed by atoms with Crippen LogP contribution < -0.4 is 5.32 Å². The third-order valence-corrected chi connectivity index (χ3v) is 6.99.